The SMILES string of the molecule is O=C(CC(=O)c1cc2ccccc2[nH]1)Nc1ccccc1. The van der Waals surface area contributed by atoms with E-state index in [1.54, 1.807) is 18.2 Å². The number of carbonyl (C=O) groups excluding carboxylic acids is 2. The molecule has 0 atom stereocenters. The van der Waals surface area contributed by atoms with E-state index >= 15 is 0 Å². The van der Waals surface area contributed by atoms with Crippen LogP contribution in [0.5, 0.6) is 0 Å². The minimum absolute atomic E-state index is 0.179. The van der Waals surface area contributed by atoms with E-state index in [1.807, 2.05) is 42.5 Å². The second-order valence-corrected chi connectivity index (χ2v) is 4.78. The molecule has 4 nitrogen and oxygen atoms in total. The number of rotatable bonds is 4. The normalized spacial score (nSPS) is 10.5. The Balaban J connectivity index is 1.69. The summed E-state index contributed by atoms with van der Waals surface area (Å²) in [5, 5.41) is 3.67. The van der Waals surface area contributed by atoms with Crippen molar-refractivity contribution >= 4 is 28.3 Å². The second kappa shape index (κ2) is 5.63. The number of nitrogens with one attached hydrogen (secondary N) is 2. The zero-order valence-corrected chi connectivity index (χ0v) is 11.3. The van der Waals surface area contributed by atoms with E-state index in [2.05, 4.69) is 10.3 Å². The molecule has 4 heteroatoms. The Hall–Kier alpha value is -2.88. The number of Topliss-reactive ketones (excluding diaryl/α,β-unsaturated/α-hetero) is 1. The smallest absolute Gasteiger partial charge is 0.232 e. The summed E-state index contributed by atoms with van der Waals surface area (Å²) >= 11 is 0. The van der Waals surface area contributed by atoms with E-state index in [0.29, 0.717) is 11.4 Å². The number of amides is 1. The summed E-state index contributed by atoms with van der Waals surface area (Å²) in [6.45, 7) is 0. The molecule has 104 valence electrons. The van der Waals surface area contributed by atoms with Gasteiger partial charge in [-0.25, -0.2) is 0 Å². The van der Waals surface area contributed by atoms with E-state index in [4.69, 9.17) is 0 Å². The molecule has 0 spiro atoms. The van der Waals surface area contributed by atoms with Crippen LogP contribution in [0.15, 0.2) is 60.7 Å². The van der Waals surface area contributed by atoms with E-state index in [1.165, 1.54) is 0 Å². The molecule has 0 radical (unpaired) electrons. The third-order valence-electron chi connectivity index (χ3n) is 3.21. The number of aromatic amines is 1. The lowest BCUT2D eigenvalue weighted by Crippen LogP contribution is -2.16. The van der Waals surface area contributed by atoms with Crippen molar-refractivity contribution in [3.8, 4) is 0 Å². The first-order valence-electron chi connectivity index (χ1n) is 6.68. The third-order valence-corrected chi connectivity index (χ3v) is 3.21. The van der Waals surface area contributed by atoms with Gasteiger partial charge in [0.05, 0.1) is 12.1 Å². The average Bonchev–Trinajstić information content (AvgIpc) is 2.92. The molecule has 0 saturated heterocycles. The molecular formula is C17H14N2O2. The third kappa shape index (κ3) is 3.00. The molecule has 3 rings (SSSR count). The van der Waals surface area contributed by atoms with Crippen LogP contribution in [-0.2, 0) is 4.79 Å². The van der Waals surface area contributed by atoms with Gasteiger partial charge < -0.3 is 10.3 Å². The molecular weight excluding hydrogens is 264 g/mol. The van der Waals surface area contributed by atoms with Crippen LogP contribution in [-0.4, -0.2) is 16.7 Å². The molecule has 0 aliphatic rings. The van der Waals surface area contributed by atoms with Crippen LogP contribution in [0.25, 0.3) is 10.9 Å². The number of hydrogen-bond donors (Lipinski definition) is 2. The first-order valence-corrected chi connectivity index (χ1v) is 6.68. The minimum atomic E-state index is -0.315. The summed E-state index contributed by atoms with van der Waals surface area (Å²) in [5.41, 5.74) is 2.04. The van der Waals surface area contributed by atoms with Crippen molar-refractivity contribution in [1.82, 2.24) is 4.98 Å². The van der Waals surface area contributed by atoms with E-state index in [0.717, 1.165) is 10.9 Å². The number of aromatic nitrogens is 1. The van der Waals surface area contributed by atoms with Crippen molar-refractivity contribution in [2.24, 2.45) is 0 Å². The Morgan fingerprint density at radius 3 is 2.43 bits per heavy atom. The number of carbonyl (C=O) groups is 2. The molecule has 0 fully saturated rings. The van der Waals surface area contributed by atoms with Gasteiger partial charge in [0.15, 0.2) is 5.78 Å². The predicted molar refractivity (Wildman–Crippen MR) is 82.3 cm³/mol. The predicted octanol–water partition coefficient (Wildman–Crippen LogP) is 3.38. The fourth-order valence-electron chi connectivity index (χ4n) is 2.19. The fraction of sp³-hybridized carbons (Fsp3) is 0.0588. The zero-order valence-electron chi connectivity index (χ0n) is 11.3. The monoisotopic (exact) mass is 278 g/mol. The van der Waals surface area contributed by atoms with Gasteiger partial charge in [0.25, 0.3) is 0 Å². The Bertz CT molecular complexity index is 758. The maximum atomic E-state index is 12.1. The Morgan fingerprint density at radius 2 is 1.67 bits per heavy atom. The maximum Gasteiger partial charge on any atom is 0.232 e. The Morgan fingerprint density at radius 1 is 0.952 bits per heavy atom. The quantitative estimate of drug-likeness (QED) is 0.567. The molecule has 0 unspecified atom stereocenters. The van der Waals surface area contributed by atoms with Gasteiger partial charge in [0, 0.05) is 16.6 Å². The summed E-state index contributed by atoms with van der Waals surface area (Å²) < 4.78 is 0. The highest BCUT2D eigenvalue weighted by Gasteiger charge is 2.14. The fourth-order valence-corrected chi connectivity index (χ4v) is 2.19. The summed E-state index contributed by atoms with van der Waals surface area (Å²) in [6, 6.07) is 18.5. The van der Waals surface area contributed by atoms with Gasteiger partial charge in [0.1, 0.15) is 0 Å². The standard InChI is InChI=1S/C17H14N2O2/c20-16(11-17(21)18-13-7-2-1-3-8-13)15-10-12-6-4-5-9-14(12)19-15/h1-10,19H,11H2,(H,18,21). The highest BCUT2D eigenvalue weighted by Crippen LogP contribution is 2.16. The molecule has 2 aromatic carbocycles. The van der Waals surface area contributed by atoms with Gasteiger partial charge in [0.2, 0.25) is 5.91 Å². The lowest BCUT2D eigenvalue weighted by molar-refractivity contribution is -0.115. The van der Waals surface area contributed by atoms with E-state index in [-0.39, 0.29) is 18.1 Å². The molecule has 1 aromatic heterocycles. The van der Waals surface area contributed by atoms with Crippen LogP contribution in [0.3, 0.4) is 0 Å². The number of hydrogen-bond acceptors (Lipinski definition) is 2. The van der Waals surface area contributed by atoms with Crippen LogP contribution < -0.4 is 5.32 Å². The summed E-state index contributed by atoms with van der Waals surface area (Å²) in [6.07, 6.45) is -0.179. The second-order valence-electron chi connectivity index (χ2n) is 4.78. The molecule has 1 heterocycles. The van der Waals surface area contributed by atoms with Crippen molar-refractivity contribution < 1.29 is 9.59 Å². The van der Waals surface area contributed by atoms with Gasteiger partial charge in [-0.1, -0.05) is 36.4 Å². The Labute approximate surface area is 121 Å². The maximum absolute atomic E-state index is 12.1. The van der Waals surface area contributed by atoms with E-state index in [9.17, 15) is 9.59 Å². The Kier molecular flexibility index (Phi) is 3.51. The number of benzene rings is 2. The van der Waals surface area contributed by atoms with Gasteiger partial charge in [-0.15, -0.1) is 0 Å². The molecule has 0 saturated carbocycles. The van der Waals surface area contributed by atoms with Crippen LogP contribution in [0.4, 0.5) is 5.69 Å². The first-order chi connectivity index (χ1) is 10.2. The van der Waals surface area contributed by atoms with E-state index < -0.39 is 0 Å². The van der Waals surface area contributed by atoms with Crippen molar-refractivity contribution in [2.45, 2.75) is 6.42 Å². The van der Waals surface area contributed by atoms with Crippen molar-refractivity contribution in [2.75, 3.05) is 5.32 Å². The first kappa shape index (κ1) is 13.1. The highest BCUT2D eigenvalue weighted by molar-refractivity contribution is 6.11. The number of fused-ring (bicyclic) bond motifs is 1. The molecule has 0 aliphatic heterocycles. The summed E-state index contributed by atoms with van der Waals surface area (Å²) in [5.74, 6) is -0.538. The number of ketones is 1. The van der Waals surface area contributed by atoms with Gasteiger partial charge in [-0.3, -0.25) is 9.59 Å². The number of anilines is 1. The average molecular weight is 278 g/mol. The molecule has 1 amide bonds. The largest absolute Gasteiger partial charge is 0.352 e. The lowest BCUT2D eigenvalue weighted by atomic mass is 10.2. The van der Waals surface area contributed by atoms with Crippen molar-refractivity contribution in [1.29, 1.82) is 0 Å². The van der Waals surface area contributed by atoms with Crippen LogP contribution in [0.2, 0.25) is 0 Å². The highest BCUT2D eigenvalue weighted by atomic mass is 16.2. The van der Waals surface area contributed by atoms with Crippen LogP contribution in [0.1, 0.15) is 16.9 Å². The molecule has 0 bridgehead atoms. The van der Waals surface area contributed by atoms with Gasteiger partial charge in [-0.05, 0) is 24.3 Å². The molecule has 2 N–H and O–H groups in total. The number of H-pyrrole nitrogens is 1. The number of para-hydroxylation sites is 2. The van der Waals surface area contributed by atoms with Crippen LogP contribution in [0, 0.1) is 0 Å². The van der Waals surface area contributed by atoms with Gasteiger partial charge in [-0.2, -0.15) is 0 Å². The molecule has 3 aromatic rings. The molecule has 0 aliphatic carbocycles. The van der Waals surface area contributed by atoms with Gasteiger partial charge >= 0.3 is 0 Å². The topological polar surface area (TPSA) is 62.0 Å². The summed E-state index contributed by atoms with van der Waals surface area (Å²) in [4.78, 5) is 27.0. The van der Waals surface area contributed by atoms with Crippen LogP contribution >= 0.6 is 0 Å². The molecule has 21 heavy (non-hydrogen) atoms. The lowest BCUT2D eigenvalue weighted by Gasteiger charge is -2.03. The summed E-state index contributed by atoms with van der Waals surface area (Å²) in [7, 11) is 0. The van der Waals surface area contributed by atoms with Crippen molar-refractivity contribution in [3.63, 3.8) is 0 Å². The minimum Gasteiger partial charge on any atom is -0.352 e. The van der Waals surface area contributed by atoms with Crippen molar-refractivity contribution in [3.05, 3.63) is 66.4 Å². The zero-order chi connectivity index (χ0) is 14.7.